The molecule has 0 aromatic heterocycles. The summed E-state index contributed by atoms with van der Waals surface area (Å²) in [5.41, 5.74) is 2.02. The summed E-state index contributed by atoms with van der Waals surface area (Å²) in [7, 11) is 0. The lowest BCUT2D eigenvalue weighted by molar-refractivity contribution is 0.282. The number of hydrogen-bond donors (Lipinski definition) is 1. The van der Waals surface area contributed by atoms with E-state index in [0.717, 1.165) is 36.2 Å². The van der Waals surface area contributed by atoms with Crippen molar-refractivity contribution in [2.45, 2.75) is 25.9 Å². The average molecular weight is 252 g/mol. The third-order valence-corrected chi connectivity index (χ3v) is 4.67. The van der Waals surface area contributed by atoms with Crippen LogP contribution in [0.15, 0.2) is 18.2 Å². The molecule has 1 saturated carbocycles. The second-order valence-corrected chi connectivity index (χ2v) is 5.66. The molecule has 2 fully saturated rings. The summed E-state index contributed by atoms with van der Waals surface area (Å²) in [5.74, 6) is 1.72. The highest BCUT2D eigenvalue weighted by atomic mass is 35.5. The summed E-state index contributed by atoms with van der Waals surface area (Å²) >= 11 is 6.14. The number of anilines is 1. The van der Waals surface area contributed by atoms with Crippen molar-refractivity contribution in [1.82, 2.24) is 0 Å². The van der Waals surface area contributed by atoms with Gasteiger partial charge in [0.05, 0.1) is 6.61 Å². The zero-order chi connectivity index (χ0) is 11.8. The van der Waals surface area contributed by atoms with Crippen molar-refractivity contribution in [2.24, 2.45) is 11.8 Å². The Balaban J connectivity index is 1.88. The highest BCUT2D eigenvalue weighted by Gasteiger charge is 2.36. The van der Waals surface area contributed by atoms with Crippen LogP contribution >= 0.6 is 11.6 Å². The molecule has 17 heavy (non-hydrogen) atoms. The summed E-state index contributed by atoms with van der Waals surface area (Å²) in [5, 5.41) is 10.1. The van der Waals surface area contributed by atoms with E-state index in [4.69, 9.17) is 11.6 Å². The number of benzene rings is 1. The van der Waals surface area contributed by atoms with E-state index in [1.54, 1.807) is 0 Å². The predicted molar refractivity (Wildman–Crippen MR) is 70.4 cm³/mol. The van der Waals surface area contributed by atoms with E-state index in [-0.39, 0.29) is 6.61 Å². The first-order valence-corrected chi connectivity index (χ1v) is 6.80. The maximum atomic E-state index is 9.45. The molecule has 0 amide bonds. The molecule has 1 N–H and O–H groups in total. The van der Waals surface area contributed by atoms with Crippen LogP contribution in [0.4, 0.5) is 5.69 Å². The van der Waals surface area contributed by atoms with Crippen LogP contribution in [0.1, 0.15) is 24.8 Å². The van der Waals surface area contributed by atoms with Gasteiger partial charge in [0.2, 0.25) is 0 Å². The van der Waals surface area contributed by atoms with Gasteiger partial charge < -0.3 is 10.0 Å². The fourth-order valence-electron chi connectivity index (χ4n) is 3.43. The molecule has 0 bridgehead atoms. The Hall–Kier alpha value is -0.730. The van der Waals surface area contributed by atoms with E-state index in [9.17, 15) is 5.11 Å². The molecule has 1 aliphatic heterocycles. The lowest BCUT2D eigenvalue weighted by atomic mass is 10.0. The number of rotatable bonds is 2. The average Bonchev–Trinajstić information content (AvgIpc) is 2.88. The van der Waals surface area contributed by atoms with Crippen molar-refractivity contribution in [3.8, 4) is 0 Å². The largest absolute Gasteiger partial charge is 0.392 e. The number of aliphatic hydroxyl groups excluding tert-OH is 1. The Morgan fingerprint density at radius 2 is 1.94 bits per heavy atom. The lowest BCUT2D eigenvalue weighted by Crippen LogP contribution is -2.22. The molecule has 3 rings (SSSR count). The van der Waals surface area contributed by atoms with Gasteiger partial charge in [-0.05, 0) is 36.8 Å². The molecule has 2 unspecified atom stereocenters. The maximum absolute atomic E-state index is 9.45. The van der Waals surface area contributed by atoms with Gasteiger partial charge >= 0.3 is 0 Å². The van der Waals surface area contributed by atoms with Crippen LogP contribution in [-0.4, -0.2) is 18.2 Å². The van der Waals surface area contributed by atoms with Crippen LogP contribution in [0.5, 0.6) is 0 Å². The normalized spacial score (nSPS) is 27.5. The van der Waals surface area contributed by atoms with E-state index in [1.165, 1.54) is 19.3 Å². The topological polar surface area (TPSA) is 23.5 Å². The van der Waals surface area contributed by atoms with Gasteiger partial charge in [-0.1, -0.05) is 24.1 Å². The van der Waals surface area contributed by atoms with E-state index < -0.39 is 0 Å². The first-order valence-electron chi connectivity index (χ1n) is 6.43. The Labute approximate surface area is 107 Å². The summed E-state index contributed by atoms with van der Waals surface area (Å²) in [6.07, 6.45) is 4.14. The van der Waals surface area contributed by atoms with Crippen LogP contribution < -0.4 is 4.90 Å². The van der Waals surface area contributed by atoms with Gasteiger partial charge in [0.1, 0.15) is 0 Å². The Kier molecular flexibility index (Phi) is 3.01. The fourth-order valence-corrected chi connectivity index (χ4v) is 3.66. The Morgan fingerprint density at radius 3 is 2.59 bits per heavy atom. The number of nitrogens with zero attached hydrogens (tertiary/aromatic N) is 1. The molecule has 1 saturated heterocycles. The van der Waals surface area contributed by atoms with Crippen LogP contribution in [0.2, 0.25) is 5.02 Å². The van der Waals surface area contributed by atoms with Crippen molar-refractivity contribution in [2.75, 3.05) is 18.0 Å². The molecule has 92 valence electrons. The van der Waals surface area contributed by atoms with Gasteiger partial charge in [0.15, 0.2) is 0 Å². The lowest BCUT2D eigenvalue weighted by Gasteiger charge is -2.23. The summed E-state index contributed by atoms with van der Waals surface area (Å²) < 4.78 is 0. The molecule has 2 aliphatic rings. The third-order valence-electron chi connectivity index (χ3n) is 4.32. The van der Waals surface area contributed by atoms with Crippen molar-refractivity contribution < 1.29 is 5.11 Å². The standard InChI is InChI=1S/C14H18ClNO/c15-13-5-2-6-14(12(13)9-17)16-7-10-3-1-4-11(10)8-16/h2,5-6,10-11,17H,1,3-4,7-9H2. The molecule has 0 spiro atoms. The highest BCUT2D eigenvalue weighted by molar-refractivity contribution is 6.31. The summed E-state index contributed by atoms with van der Waals surface area (Å²) in [4.78, 5) is 2.41. The molecule has 1 heterocycles. The van der Waals surface area contributed by atoms with Gasteiger partial charge in [0, 0.05) is 29.4 Å². The van der Waals surface area contributed by atoms with Crippen molar-refractivity contribution in [3.63, 3.8) is 0 Å². The van der Waals surface area contributed by atoms with E-state index in [1.807, 2.05) is 12.1 Å². The SMILES string of the molecule is OCc1c(Cl)cccc1N1CC2CCCC2C1. The van der Waals surface area contributed by atoms with Crippen LogP contribution in [0.3, 0.4) is 0 Å². The van der Waals surface area contributed by atoms with Crippen molar-refractivity contribution >= 4 is 17.3 Å². The zero-order valence-electron chi connectivity index (χ0n) is 9.90. The first-order chi connectivity index (χ1) is 8.29. The Morgan fingerprint density at radius 1 is 1.24 bits per heavy atom. The number of aliphatic hydroxyl groups is 1. The highest BCUT2D eigenvalue weighted by Crippen LogP contribution is 2.41. The van der Waals surface area contributed by atoms with Gasteiger partial charge in [-0.25, -0.2) is 0 Å². The molecule has 1 aliphatic carbocycles. The second kappa shape index (κ2) is 4.51. The fraction of sp³-hybridized carbons (Fsp3) is 0.571. The molecule has 1 aromatic carbocycles. The van der Waals surface area contributed by atoms with Crippen LogP contribution in [0, 0.1) is 11.8 Å². The smallest absolute Gasteiger partial charge is 0.0716 e. The third kappa shape index (κ3) is 1.94. The Bertz CT molecular complexity index is 409. The summed E-state index contributed by atoms with van der Waals surface area (Å²) in [6, 6.07) is 5.91. The van der Waals surface area contributed by atoms with E-state index in [2.05, 4.69) is 11.0 Å². The first kappa shape index (κ1) is 11.4. The van der Waals surface area contributed by atoms with Crippen LogP contribution in [0.25, 0.3) is 0 Å². The minimum absolute atomic E-state index is 0.0286. The van der Waals surface area contributed by atoms with E-state index in [0.29, 0.717) is 5.02 Å². The van der Waals surface area contributed by atoms with Crippen LogP contribution in [-0.2, 0) is 6.61 Å². The van der Waals surface area contributed by atoms with Gasteiger partial charge in [0.25, 0.3) is 0 Å². The molecular formula is C14H18ClNO. The summed E-state index contributed by atoms with van der Waals surface area (Å²) in [6.45, 7) is 2.30. The molecular weight excluding hydrogens is 234 g/mol. The quantitative estimate of drug-likeness (QED) is 0.873. The number of hydrogen-bond acceptors (Lipinski definition) is 2. The molecule has 2 nitrogen and oxygen atoms in total. The molecule has 3 heteroatoms. The number of halogens is 1. The second-order valence-electron chi connectivity index (χ2n) is 5.25. The minimum Gasteiger partial charge on any atom is -0.392 e. The zero-order valence-corrected chi connectivity index (χ0v) is 10.7. The van der Waals surface area contributed by atoms with Gasteiger partial charge in [-0.15, -0.1) is 0 Å². The predicted octanol–water partition coefficient (Wildman–Crippen LogP) is 3.07. The minimum atomic E-state index is 0.0286. The van der Waals surface area contributed by atoms with Gasteiger partial charge in [-0.2, -0.15) is 0 Å². The van der Waals surface area contributed by atoms with Crippen molar-refractivity contribution in [3.05, 3.63) is 28.8 Å². The molecule has 1 aromatic rings. The molecule has 2 atom stereocenters. The van der Waals surface area contributed by atoms with Gasteiger partial charge in [-0.3, -0.25) is 0 Å². The monoisotopic (exact) mass is 251 g/mol. The van der Waals surface area contributed by atoms with E-state index >= 15 is 0 Å². The maximum Gasteiger partial charge on any atom is 0.0716 e. The van der Waals surface area contributed by atoms with Crippen molar-refractivity contribution in [1.29, 1.82) is 0 Å². The molecule has 0 radical (unpaired) electrons. The number of fused-ring (bicyclic) bond motifs is 1.